The molecule has 0 amide bonds. The molecule has 256 valence electrons. The number of carbonyl (C=O) groups is 2. The number of nitrogens with zero attached hydrogens (tertiary/aromatic N) is 4. The highest BCUT2D eigenvalue weighted by Crippen LogP contribution is 2.29. The summed E-state index contributed by atoms with van der Waals surface area (Å²) < 4.78 is 4.17. The zero-order valence-electron chi connectivity index (χ0n) is 28.7. The average Bonchev–Trinajstić information content (AvgIpc) is 3.51. The molecule has 0 unspecified atom stereocenters. The highest BCUT2D eigenvalue weighted by Gasteiger charge is 2.16. The van der Waals surface area contributed by atoms with Gasteiger partial charge >= 0.3 is 11.9 Å². The lowest BCUT2D eigenvalue weighted by molar-refractivity contribution is -0.147. The molecular formula is C39H46N6O4. The molecule has 0 radical (unpaired) electrons. The van der Waals surface area contributed by atoms with Gasteiger partial charge in [-0.1, -0.05) is 74.5 Å². The summed E-state index contributed by atoms with van der Waals surface area (Å²) in [6.07, 6.45) is 12.7. The van der Waals surface area contributed by atoms with Gasteiger partial charge in [-0.15, -0.1) is 0 Å². The second kappa shape index (κ2) is 17.0. The van der Waals surface area contributed by atoms with Crippen molar-refractivity contribution in [1.29, 1.82) is 0 Å². The van der Waals surface area contributed by atoms with Crippen molar-refractivity contribution in [2.45, 2.75) is 72.6 Å². The molecule has 0 atom stereocenters. The third-order valence-corrected chi connectivity index (χ3v) is 8.68. The molecule has 0 aliphatic rings. The molecule has 0 aliphatic heterocycles. The first kappa shape index (κ1) is 36.2. The van der Waals surface area contributed by atoms with Crippen molar-refractivity contribution >= 4 is 34.6 Å². The number of carboxylic acid groups (broad SMARTS) is 2. The molecule has 49 heavy (non-hydrogen) atoms. The van der Waals surface area contributed by atoms with Crippen molar-refractivity contribution < 1.29 is 19.8 Å². The van der Waals surface area contributed by atoms with E-state index in [2.05, 4.69) is 107 Å². The summed E-state index contributed by atoms with van der Waals surface area (Å²) in [7, 11) is 0. The minimum atomic E-state index is -1.31. The van der Waals surface area contributed by atoms with Crippen LogP contribution in [0.25, 0.3) is 11.0 Å². The van der Waals surface area contributed by atoms with Gasteiger partial charge in [-0.3, -0.25) is 28.4 Å². The third kappa shape index (κ3) is 8.84. The molecule has 0 aliphatic carbocycles. The van der Waals surface area contributed by atoms with Gasteiger partial charge in [-0.2, -0.15) is 0 Å². The summed E-state index contributed by atoms with van der Waals surface area (Å²) in [5, 5.41) is 15.4. The van der Waals surface area contributed by atoms with Gasteiger partial charge < -0.3 is 21.7 Å². The first-order valence-corrected chi connectivity index (χ1v) is 16.5. The molecular weight excluding hydrogens is 616 g/mol. The molecule has 0 saturated heterocycles. The lowest BCUT2D eigenvalue weighted by atomic mass is 10.0. The quantitative estimate of drug-likeness (QED) is 0.118. The zero-order chi connectivity index (χ0) is 35.5. The molecule has 0 fully saturated rings. The fourth-order valence-corrected chi connectivity index (χ4v) is 6.17. The SMILES string of the molecule is CCc1c(C)c(N)n2ccnc(CCc3ccccc3)c12.CCc1c(C)c(N)n2ccnc(CCc3ccccc3)c12.O=C(O)CC(=O)O. The summed E-state index contributed by atoms with van der Waals surface area (Å²) in [6.45, 7) is 8.55. The van der Waals surface area contributed by atoms with Crippen LogP contribution in [0.1, 0.15) is 65.0 Å². The normalized spacial score (nSPS) is 10.7. The first-order valence-electron chi connectivity index (χ1n) is 16.5. The van der Waals surface area contributed by atoms with E-state index in [1.807, 2.05) is 24.8 Å². The number of carboxylic acids is 2. The van der Waals surface area contributed by atoms with E-state index in [1.165, 1.54) is 44.4 Å². The summed E-state index contributed by atoms with van der Waals surface area (Å²) in [6, 6.07) is 21.1. The van der Waals surface area contributed by atoms with Crippen molar-refractivity contribution in [3.8, 4) is 0 Å². The summed E-state index contributed by atoms with van der Waals surface area (Å²) in [5.41, 5.74) is 24.8. The van der Waals surface area contributed by atoms with Crippen molar-refractivity contribution in [2.75, 3.05) is 11.5 Å². The number of aryl methyl sites for hydroxylation is 6. The van der Waals surface area contributed by atoms with Crippen LogP contribution in [0.15, 0.2) is 85.5 Å². The van der Waals surface area contributed by atoms with E-state index in [-0.39, 0.29) is 0 Å². The number of rotatable bonds is 10. The predicted octanol–water partition coefficient (Wildman–Crippen LogP) is 6.69. The van der Waals surface area contributed by atoms with E-state index in [9.17, 15) is 9.59 Å². The maximum absolute atomic E-state index is 9.43. The van der Waals surface area contributed by atoms with Crippen LogP contribution in [0.4, 0.5) is 11.6 Å². The van der Waals surface area contributed by atoms with E-state index in [4.69, 9.17) is 21.7 Å². The standard InChI is InChI=1S/2C18H21N3.C3H4O4/c2*1-3-15-13(2)18(19)21-12-11-20-16(17(15)21)10-9-14-7-5-4-6-8-14;4-2(5)1-3(6)7/h2*4-8,11-12H,3,9-10,19H2,1-2H3;1H2,(H,4,5)(H,6,7). The van der Waals surface area contributed by atoms with Crippen LogP contribution in [-0.4, -0.2) is 40.9 Å². The number of fused-ring (bicyclic) bond motifs is 2. The van der Waals surface area contributed by atoms with E-state index >= 15 is 0 Å². The van der Waals surface area contributed by atoms with E-state index in [0.717, 1.165) is 61.5 Å². The van der Waals surface area contributed by atoms with Crippen LogP contribution in [-0.2, 0) is 48.1 Å². The van der Waals surface area contributed by atoms with Crippen LogP contribution in [0.3, 0.4) is 0 Å². The Balaban J connectivity index is 0.000000186. The Hall–Kier alpha value is -5.64. The molecule has 4 aromatic heterocycles. The number of nitrogens with two attached hydrogens (primary N) is 2. The highest BCUT2D eigenvalue weighted by molar-refractivity contribution is 5.88. The molecule has 0 bridgehead atoms. The summed E-state index contributed by atoms with van der Waals surface area (Å²) in [4.78, 5) is 28.1. The fraction of sp³-hybridized carbons (Fsp3) is 0.282. The Kier molecular flexibility index (Phi) is 12.5. The lowest BCUT2D eigenvalue weighted by Gasteiger charge is -2.06. The van der Waals surface area contributed by atoms with E-state index in [1.54, 1.807) is 0 Å². The van der Waals surface area contributed by atoms with Gasteiger partial charge in [0, 0.05) is 24.8 Å². The minimum Gasteiger partial charge on any atom is -0.481 e. The average molecular weight is 663 g/mol. The van der Waals surface area contributed by atoms with Crippen molar-refractivity contribution in [2.24, 2.45) is 0 Å². The van der Waals surface area contributed by atoms with Crippen molar-refractivity contribution in [1.82, 2.24) is 18.8 Å². The number of nitrogen functional groups attached to an aromatic ring is 2. The predicted molar refractivity (Wildman–Crippen MR) is 195 cm³/mol. The molecule has 10 heteroatoms. The van der Waals surface area contributed by atoms with Gasteiger partial charge in [-0.25, -0.2) is 0 Å². The highest BCUT2D eigenvalue weighted by atomic mass is 16.4. The number of benzene rings is 2. The van der Waals surface area contributed by atoms with Crippen molar-refractivity contribution in [3.05, 3.63) is 130 Å². The maximum Gasteiger partial charge on any atom is 0.314 e. The summed E-state index contributed by atoms with van der Waals surface area (Å²) >= 11 is 0. The Labute approximate surface area is 287 Å². The second-order valence-electron chi connectivity index (χ2n) is 11.8. The van der Waals surface area contributed by atoms with Crippen LogP contribution >= 0.6 is 0 Å². The Morgan fingerprint density at radius 3 is 1.31 bits per heavy atom. The number of hydrogen-bond donors (Lipinski definition) is 4. The zero-order valence-corrected chi connectivity index (χ0v) is 28.7. The Morgan fingerprint density at radius 2 is 1.00 bits per heavy atom. The van der Waals surface area contributed by atoms with Gasteiger partial charge in [0.15, 0.2) is 0 Å². The summed E-state index contributed by atoms with van der Waals surface area (Å²) in [5.74, 6) is -0.949. The van der Waals surface area contributed by atoms with Crippen LogP contribution in [0.2, 0.25) is 0 Å². The van der Waals surface area contributed by atoms with Gasteiger partial charge in [0.1, 0.15) is 18.1 Å². The largest absolute Gasteiger partial charge is 0.481 e. The number of aliphatic carboxylic acids is 2. The molecule has 10 nitrogen and oxygen atoms in total. The first-order chi connectivity index (χ1) is 23.6. The molecule has 6 rings (SSSR count). The number of anilines is 2. The Bertz CT molecular complexity index is 1870. The second-order valence-corrected chi connectivity index (χ2v) is 11.8. The number of hydrogen-bond acceptors (Lipinski definition) is 6. The topological polar surface area (TPSA) is 161 Å². The third-order valence-electron chi connectivity index (χ3n) is 8.68. The molecule has 6 N–H and O–H groups in total. The fourth-order valence-electron chi connectivity index (χ4n) is 6.17. The monoisotopic (exact) mass is 662 g/mol. The smallest absolute Gasteiger partial charge is 0.314 e. The van der Waals surface area contributed by atoms with Gasteiger partial charge in [-0.05, 0) is 85.8 Å². The Morgan fingerprint density at radius 1 is 0.633 bits per heavy atom. The van der Waals surface area contributed by atoms with Crippen LogP contribution in [0, 0.1) is 13.8 Å². The van der Waals surface area contributed by atoms with Crippen molar-refractivity contribution in [3.63, 3.8) is 0 Å². The molecule has 2 aromatic carbocycles. The minimum absolute atomic E-state index is 0.806. The molecule has 0 saturated carbocycles. The lowest BCUT2D eigenvalue weighted by Crippen LogP contribution is -2.03. The van der Waals surface area contributed by atoms with Crippen LogP contribution in [0.5, 0.6) is 0 Å². The molecule has 0 spiro atoms. The molecule has 4 heterocycles. The maximum atomic E-state index is 9.43. The molecule has 6 aromatic rings. The number of aromatic nitrogens is 4. The van der Waals surface area contributed by atoms with E-state index in [0.29, 0.717) is 0 Å². The van der Waals surface area contributed by atoms with Crippen LogP contribution < -0.4 is 11.5 Å². The van der Waals surface area contributed by atoms with Gasteiger partial charge in [0.25, 0.3) is 0 Å². The van der Waals surface area contributed by atoms with E-state index < -0.39 is 18.4 Å². The van der Waals surface area contributed by atoms with Gasteiger partial charge in [0.2, 0.25) is 0 Å². The van der Waals surface area contributed by atoms with Gasteiger partial charge in [0.05, 0.1) is 22.4 Å².